The van der Waals surface area contributed by atoms with Gasteiger partial charge < -0.3 is 16.2 Å². The van der Waals surface area contributed by atoms with Crippen LogP contribution in [0.1, 0.15) is 31.3 Å². The number of fused-ring (bicyclic) bond motifs is 1. The number of nitrogens with one attached hydrogen (secondary N) is 2. The molecule has 1 atom stereocenters. The van der Waals surface area contributed by atoms with Crippen molar-refractivity contribution in [2.45, 2.75) is 37.0 Å². The number of urea groups is 1. The van der Waals surface area contributed by atoms with Crippen molar-refractivity contribution in [3.63, 3.8) is 0 Å². The van der Waals surface area contributed by atoms with E-state index in [4.69, 9.17) is 5.73 Å². The van der Waals surface area contributed by atoms with Crippen molar-refractivity contribution >= 4 is 44.9 Å². The van der Waals surface area contributed by atoms with Crippen molar-refractivity contribution in [3.8, 4) is 0 Å². The number of hydrogen-bond acceptors (Lipinski definition) is 6. The third-order valence-corrected chi connectivity index (χ3v) is 6.43. The third kappa shape index (κ3) is 3.94. The number of thiazole rings is 1. The van der Waals surface area contributed by atoms with Gasteiger partial charge in [-0.2, -0.15) is 9.89 Å². The smallest absolute Gasteiger partial charge is 0.316 e. The molecule has 1 unspecified atom stereocenters. The van der Waals surface area contributed by atoms with Gasteiger partial charge in [-0.3, -0.25) is 0 Å². The number of aliphatic hydroxyl groups is 1. The van der Waals surface area contributed by atoms with E-state index in [1.54, 1.807) is 20.0 Å². The molecule has 0 radical (unpaired) electrons. The molecule has 11 heteroatoms. The molecule has 0 bridgehead atoms. The van der Waals surface area contributed by atoms with Crippen LogP contribution in [0.2, 0.25) is 0 Å². The van der Waals surface area contributed by atoms with Crippen LogP contribution < -0.4 is 15.9 Å². The van der Waals surface area contributed by atoms with E-state index >= 15 is 0 Å². The zero-order valence-corrected chi connectivity index (χ0v) is 16.6. The Hall–Kier alpha value is -2.50. The first-order valence-electron chi connectivity index (χ1n) is 8.14. The minimum absolute atomic E-state index is 0.437. The molecule has 0 spiro atoms. The first-order valence-corrected chi connectivity index (χ1v) is 10.1. The maximum atomic E-state index is 12.7. The highest BCUT2D eigenvalue weighted by Crippen LogP contribution is 2.29. The fraction of sp³-hybridized carbons (Fsp3) is 0.312. The Labute approximate surface area is 162 Å². The molecule has 27 heavy (non-hydrogen) atoms. The second-order valence-electron chi connectivity index (χ2n) is 6.34. The summed E-state index contributed by atoms with van der Waals surface area (Å²) in [6.45, 7) is 5.18. The van der Waals surface area contributed by atoms with Crippen LogP contribution >= 0.6 is 11.3 Å². The number of aromatic nitrogens is 3. The third-order valence-electron chi connectivity index (χ3n) is 3.81. The molecule has 3 aromatic rings. The van der Waals surface area contributed by atoms with Gasteiger partial charge in [-0.15, -0.1) is 11.3 Å². The Morgan fingerprint density at radius 3 is 2.74 bits per heavy atom. The Morgan fingerprint density at radius 1 is 1.41 bits per heavy atom. The maximum absolute atomic E-state index is 12.7. The van der Waals surface area contributed by atoms with Gasteiger partial charge in [0.2, 0.25) is 0 Å². The number of aryl methyl sites for hydroxylation is 1. The molecular weight excluding hydrogens is 388 g/mol. The standard InChI is InChI=1S/C16H20N6O3S2/c1-4-9-5-6-10-7-19-22(13(10)12(9)20-15(17)23)21-27(25)11-8-18-14(26-11)16(2,3)24/h5-8,21,24H,4H2,1-3H3,(H3,17,20,23). The summed E-state index contributed by atoms with van der Waals surface area (Å²) in [7, 11) is -1.66. The van der Waals surface area contributed by atoms with E-state index in [0.29, 0.717) is 26.8 Å². The molecule has 2 heterocycles. The number of carbonyl (C=O) groups excluding carboxylic acids is 1. The molecule has 3 rings (SSSR count). The quantitative estimate of drug-likeness (QED) is 0.495. The zero-order valence-electron chi connectivity index (χ0n) is 15.0. The molecule has 5 N–H and O–H groups in total. The van der Waals surface area contributed by atoms with E-state index in [9.17, 15) is 14.1 Å². The Bertz CT molecular complexity index is 1020. The van der Waals surface area contributed by atoms with Gasteiger partial charge in [-0.1, -0.05) is 19.1 Å². The first kappa shape index (κ1) is 19.3. The first-order chi connectivity index (χ1) is 12.7. The minimum atomic E-state index is -1.66. The van der Waals surface area contributed by atoms with Gasteiger partial charge >= 0.3 is 6.03 Å². The van der Waals surface area contributed by atoms with E-state index < -0.39 is 22.6 Å². The molecule has 0 saturated heterocycles. The summed E-state index contributed by atoms with van der Waals surface area (Å²) in [5.41, 5.74) is 6.15. The molecule has 0 aliphatic rings. The summed E-state index contributed by atoms with van der Waals surface area (Å²) in [5.74, 6) is 0. The molecule has 0 saturated carbocycles. The van der Waals surface area contributed by atoms with Gasteiger partial charge in [0.1, 0.15) is 20.3 Å². The summed E-state index contributed by atoms with van der Waals surface area (Å²) in [4.78, 5) is 19.7. The van der Waals surface area contributed by atoms with Crippen LogP contribution in [-0.2, 0) is 23.0 Å². The lowest BCUT2D eigenvalue weighted by Gasteiger charge is -2.13. The van der Waals surface area contributed by atoms with E-state index in [1.807, 2.05) is 19.1 Å². The molecule has 2 amide bonds. The molecule has 144 valence electrons. The molecule has 0 aliphatic heterocycles. The largest absolute Gasteiger partial charge is 0.383 e. The minimum Gasteiger partial charge on any atom is -0.383 e. The van der Waals surface area contributed by atoms with E-state index in [-0.39, 0.29) is 0 Å². The monoisotopic (exact) mass is 408 g/mol. The number of rotatable bonds is 6. The molecule has 1 aromatic carbocycles. The molecular formula is C16H20N6O3S2. The number of benzene rings is 1. The van der Waals surface area contributed by atoms with Crippen LogP contribution in [0.3, 0.4) is 0 Å². The van der Waals surface area contributed by atoms with Gasteiger partial charge in [0.05, 0.1) is 18.1 Å². The van der Waals surface area contributed by atoms with E-state index in [0.717, 1.165) is 22.3 Å². The van der Waals surface area contributed by atoms with E-state index in [2.05, 4.69) is 20.2 Å². The number of nitrogens with two attached hydrogens (primary N) is 1. The molecule has 0 fully saturated rings. The van der Waals surface area contributed by atoms with Crippen LogP contribution in [0, 0.1) is 0 Å². The summed E-state index contributed by atoms with van der Waals surface area (Å²) >= 11 is 1.14. The lowest BCUT2D eigenvalue weighted by Crippen LogP contribution is -2.23. The highest BCUT2D eigenvalue weighted by Gasteiger charge is 2.22. The summed E-state index contributed by atoms with van der Waals surface area (Å²) in [5, 5.41) is 18.1. The Balaban J connectivity index is 1.98. The summed E-state index contributed by atoms with van der Waals surface area (Å²) in [6, 6.07) is 3.06. The van der Waals surface area contributed by atoms with E-state index in [1.165, 1.54) is 11.0 Å². The van der Waals surface area contributed by atoms with Crippen LogP contribution in [-0.4, -0.2) is 30.2 Å². The van der Waals surface area contributed by atoms with Crippen molar-refractivity contribution < 1.29 is 14.1 Å². The van der Waals surface area contributed by atoms with Crippen LogP contribution in [0.5, 0.6) is 0 Å². The second-order valence-corrected chi connectivity index (χ2v) is 8.79. The van der Waals surface area contributed by atoms with Crippen LogP contribution in [0.4, 0.5) is 10.5 Å². The number of carbonyl (C=O) groups is 1. The normalized spacial score (nSPS) is 12.9. The average Bonchev–Trinajstić information content (AvgIpc) is 3.22. The number of amides is 2. The maximum Gasteiger partial charge on any atom is 0.316 e. The van der Waals surface area contributed by atoms with Crippen LogP contribution in [0.25, 0.3) is 10.9 Å². The van der Waals surface area contributed by atoms with Gasteiger partial charge in [-0.05, 0) is 25.8 Å². The summed E-state index contributed by atoms with van der Waals surface area (Å²) in [6.07, 6.45) is 3.72. The van der Waals surface area contributed by atoms with Gasteiger partial charge in [0, 0.05) is 5.39 Å². The van der Waals surface area contributed by atoms with Crippen molar-refractivity contribution in [3.05, 3.63) is 35.1 Å². The van der Waals surface area contributed by atoms with Gasteiger partial charge in [-0.25, -0.2) is 18.8 Å². The van der Waals surface area contributed by atoms with Crippen LogP contribution in [0.15, 0.2) is 28.7 Å². The van der Waals surface area contributed by atoms with Crippen molar-refractivity contribution in [1.82, 2.24) is 14.9 Å². The predicted octanol–water partition coefficient (Wildman–Crippen LogP) is 2.04. The zero-order chi connectivity index (χ0) is 19.8. The Kier molecular flexibility index (Phi) is 5.18. The van der Waals surface area contributed by atoms with Crippen molar-refractivity contribution in [2.24, 2.45) is 5.73 Å². The molecule has 2 aromatic heterocycles. The number of nitrogens with zero attached hydrogens (tertiary/aromatic N) is 3. The fourth-order valence-electron chi connectivity index (χ4n) is 2.54. The second kappa shape index (κ2) is 7.25. The number of primary amides is 1. The lowest BCUT2D eigenvalue weighted by molar-refractivity contribution is 0.0783. The van der Waals surface area contributed by atoms with Gasteiger partial charge in [0.25, 0.3) is 0 Å². The van der Waals surface area contributed by atoms with Gasteiger partial charge in [0.15, 0.2) is 11.0 Å². The van der Waals surface area contributed by atoms with Crippen molar-refractivity contribution in [1.29, 1.82) is 0 Å². The fourth-order valence-corrected chi connectivity index (χ4v) is 4.37. The molecule has 0 aliphatic carbocycles. The molecule has 9 nitrogen and oxygen atoms in total. The lowest BCUT2D eigenvalue weighted by atomic mass is 10.1. The predicted molar refractivity (Wildman–Crippen MR) is 105 cm³/mol. The summed E-state index contributed by atoms with van der Waals surface area (Å²) < 4.78 is 13.1. The topological polar surface area (TPSA) is 135 Å². The average molecular weight is 409 g/mol. The number of hydrogen-bond donors (Lipinski definition) is 4. The highest BCUT2D eigenvalue weighted by molar-refractivity contribution is 7.88. The highest BCUT2D eigenvalue weighted by atomic mass is 32.2. The Morgan fingerprint density at radius 2 is 2.15 bits per heavy atom. The SMILES string of the molecule is CCc1ccc2cnn(NS(=O)c3cnc(C(C)(C)O)s3)c2c1NC(N)=O. The van der Waals surface area contributed by atoms with Crippen molar-refractivity contribution in [2.75, 3.05) is 10.1 Å². The number of anilines is 1.